The average Bonchev–Trinajstić information content (AvgIpc) is 2.81. The van der Waals surface area contributed by atoms with Crippen molar-refractivity contribution in [2.75, 3.05) is 31.2 Å². The third-order valence-electron chi connectivity index (χ3n) is 2.73. The summed E-state index contributed by atoms with van der Waals surface area (Å²) < 4.78 is 6.25. The molecule has 2 aromatic rings. The van der Waals surface area contributed by atoms with Crippen molar-refractivity contribution in [3.63, 3.8) is 0 Å². The highest BCUT2D eigenvalue weighted by Gasteiger charge is 2.18. The lowest BCUT2D eigenvalue weighted by Gasteiger charge is -2.28. The number of thiophene rings is 1. The molecular formula is C11H9ClN4OS. The van der Waals surface area contributed by atoms with Crippen molar-refractivity contribution in [3.05, 3.63) is 22.8 Å². The molecule has 2 aromatic heterocycles. The number of aromatic nitrogens is 2. The molecule has 1 aliphatic heterocycles. The Hall–Kier alpha value is -1.42. The fraction of sp³-hybridized carbons (Fsp3) is 0.364. The zero-order chi connectivity index (χ0) is 12.5. The minimum Gasteiger partial charge on any atom is -0.378 e. The van der Waals surface area contributed by atoms with Crippen molar-refractivity contribution in [2.45, 2.75) is 0 Å². The third-order valence-corrected chi connectivity index (χ3v) is 3.92. The summed E-state index contributed by atoms with van der Waals surface area (Å²) in [6.07, 6.45) is 0. The number of morpholine rings is 1. The average molecular weight is 281 g/mol. The maximum absolute atomic E-state index is 7.07. The van der Waals surface area contributed by atoms with Crippen LogP contribution in [0.4, 0.5) is 10.8 Å². The van der Waals surface area contributed by atoms with E-state index in [1.165, 1.54) is 11.3 Å². The predicted molar refractivity (Wildman–Crippen MR) is 71.7 cm³/mol. The van der Waals surface area contributed by atoms with Gasteiger partial charge in [0, 0.05) is 13.1 Å². The highest BCUT2D eigenvalue weighted by molar-refractivity contribution is 7.23. The van der Waals surface area contributed by atoms with E-state index in [-0.39, 0.29) is 5.28 Å². The first-order valence-electron chi connectivity index (χ1n) is 5.45. The topological polar surface area (TPSA) is 42.6 Å². The fourth-order valence-corrected chi connectivity index (χ4v) is 2.99. The van der Waals surface area contributed by atoms with Crippen LogP contribution in [0.25, 0.3) is 15.1 Å². The first-order chi connectivity index (χ1) is 8.78. The molecule has 7 heteroatoms. The second-order valence-corrected chi connectivity index (χ2v) is 5.20. The van der Waals surface area contributed by atoms with E-state index >= 15 is 0 Å². The van der Waals surface area contributed by atoms with Gasteiger partial charge in [0.1, 0.15) is 5.82 Å². The Morgan fingerprint density at radius 3 is 2.89 bits per heavy atom. The van der Waals surface area contributed by atoms with Gasteiger partial charge in [0.05, 0.1) is 30.0 Å². The van der Waals surface area contributed by atoms with Crippen LogP contribution < -0.4 is 4.90 Å². The molecule has 0 saturated carbocycles. The molecule has 1 saturated heterocycles. The Morgan fingerprint density at radius 1 is 1.39 bits per heavy atom. The molecule has 5 nitrogen and oxygen atoms in total. The summed E-state index contributed by atoms with van der Waals surface area (Å²) in [6, 6.07) is 1.75. The van der Waals surface area contributed by atoms with Gasteiger partial charge in [-0.3, -0.25) is 0 Å². The minimum absolute atomic E-state index is 0.221. The van der Waals surface area contributed by atoms with Crippen LogP contribution >= 0.6 is 22.9 Å². The lowest BCUT2D eigenvalue weighted by Crippen LogP contribution is -2.36. The Labute approximate surface area is 113 Å². The number of hydrogen-bond donors (Lipinski definition) is 0. The standard InChI is InChI=1S/C11H9ClN4OS/c1-13-8-6-7-9(18-8)10(15-11(12)14-7)16-2-4-17-5-3-16/h6H,2-5H2. The van der Waals surface area contributed by atoms with Crippen molar-refractivity contribution >= 4 is 44.0 Å². The maximum atomic E-state index is 7.07. The third kappa shape index (κ3) is 2.01. The smallest absolute Gasteiger partial charge is 0.244 e. The highest BCUT2D eigenvalue weighted by Crippen LogP contribution is 2.37. The molecule has 0 spiro atoms. The monoisotopic (exact) mass is 280 g/mol. The van der Waals surface area contributed by atoms with E-state index in [0.29, 0.717) is 18.2 Å². The van der Waals surface area contributed by atoms with E-state index in [1.54, 1.807) is 6.07 Å². The Morgan fingerprint density at radius 2 is 2.17 bits per heavy atom. The molecule has 0 radical (unpaired) electrons. The van der Waals surface area contributed by atoms with Crippen LogP contribution in [0.1, 0.15) is 0 Å². The lowest BCUT2D eigenvalue weighted by molar-refractivity contribution is 0.122. The number of hydrogen-bond acceptors (Lipinski definition) is 5. The highest BCUT2D eigenvalue weighted by atomic mass is 35.5. The summed E-state index contributed by atoms with van der Waals surface area (Å²) in [7, 11) is 0. The van der Waals surface area contributed by atoms with Gasteiger partial charge in [-0.15, -0.1) is 11.3 Å². The number of fused-ring (bicyclic) bond motifs is 1. The van der Waals surface area contributed by atoms with Crippen LogP contribution in [0.3, 0.4) is 0 Å². The van der Waals surface area contributed by atoms with Crippen LogP contribution in [-0.4, -0.2) is 36.3 Å². The minimum atomic E-state index is 0.221. The van der Waals surface area contributed by atoms with Gasteiger partial charge in [-0.25, -0.2) is 9.83 Å². The molecular weight excluding hydrogens is 272 g/mol. The molecule has 3 rings (SSSR count). The van der Waals surface area contributed by atoms with Gasteiger partial charge in [0.2, 0.25) is 10.3 Å². The molecule has 0 aliphatic carbocycles. The molecule has 0 aromatic carbocycles. The van der Waals surface area contributed by atoms with Gasteiger partial charge in [0.15, 0.2) is 0 Å². The van der Waals surface area contributed by atoms with Crippen molar-refractivity contribution in [3.8, 4) is 0 Å². The molecule has 0 N–H and O–H groups in total. The Kier molecular flexibility index (Phi) is 3.04. The fourth-order valence-electron chi connectivity index (χ4n) is 1.92. The summed E-state index contributed by atoms with van der Waals surface area (Å²) >= 11 is 7.35. The summed E-state index contributed by atoms with van der Waals surface area (Å²) in [5.74, 6) is 0.813. The van der Waals surface area contributed by atoms with Gasteiger partial charge >= 0.3 is 0 Å². The van der Waals surface area contributed by atoms with Gasteiger partial charge in [-0.05, 0) is 17.7 Å². The largest absolute Gasteiger partial charge is 0.378 e. The van der Waals surface area contributed by atoms with Crippen LogP contribution in [0.2, 0.25) is 5.28 Å². The van der Waals surface area contributed by atoms with Gasteiger partial charge in [-0.1, -0.05) is 0 Å². The molecule has 0 bridgehead atoms. The van der Waals surface area contributed by atoms with Gasteiger partial charge in [-0.2, -0.15) is 4.98 Å². The van der Waals surface area contributed by atoms with E-state index in [0.717, 1.165) is 29.1 Å². The van der Waals surface area contributed by atoms with Crippen molar-refractivity contribution in [1.29, 1.82) is 0 Å². The molecule has 0 amide bonds. The van der Waals surface area contributed by atoms with E-state index in [4.69, 9.17) is 22.9 Å². The zero-order valence-electron chi connectivity index (χ0n) is 9.39. The summed E-state index contributed by atoms with van der Waals surface area (Å²) in [4.78, 5) is 14.0. The SMILES string of the molecule is [C-]#[N+]c1cc2nc(Cl)nc(N3CCOCC3)c2s1. The normalized spacial score (nSPS) is 15.9. The van der Waals surface area contributed by atoms with E-state index in [9.17, 15) is 0 Å². The van der Waals surface area contributed by atoms with Crippen molar-refractivity contribution < 1.29 is 4.74 Å². The van der Waals surface area contributed by atoms with Crippen molar-refractivity contribution in [1.82, 2.24) is 9.97 Å². The van der Waals surface area contributed by atoms with Gasteiger partial charge in [0.25, 0.3) is 0 Å². The first kappa shape index (κ1) is 11.7. The summed E-state index contributed by atoms with van der Waals surface area (Å²) in [5, 5.41) is 0.828. The number of ether oxygens (including phenoxy) is 1. The van der Waals surface area contributed by atoms with Crippen molar-refractivity contribution in [2.24, 2.45) is 0 Å². The quantitative estimate of drug-likeness (QED) is 0.595. The molecule has 92 valence electrons. The molecule has 0 unspecified atom stereocenters. The summed E-state index contributed by atoms with van der Waals surface area (Å²) in [6.45, 7) is 10.0. The molecule has 1 fully saturated rings. The van der Waals surface area contributed by atoms with E-state index < -0.39 is 0 Å². The van der Waals surface area contributed by atoms with E-state index in [2.05, 4.69) is 19.7 Å². The van der Waals surface area contributed by atoms with Crippen LogP contribution in [0.15, 0.2) is 6.07 Å². The van der Waals surface area contributed by atoms with Gasteiger partial charge < -0.3 is 9.64 Å². The maximum Gasteiger partial charge on any atom is 0.244 e. The Balaban J connectivity index is 2.14. The second-order valence-electron chi connectivity index (χ2n) is 3.83. The van der Waals surface area contributed by atoms with Crippen LogP contribution in [0.5, 0.6) is 0 Å². The number of rotatable bonds is 1. The lowest BCUT2D eigenvalue weighted by atomic mass is 10.3. The molecule has 18 heavy (non-hydrogen) atoms. The summed E-state index contributed by atoms with van der Waals surface area (Å²) in [5.41, 5.74) is 0.743. The van der Waals surface area contributed by atoms with Crippen LogP contribution in [0, 0.1) is 6.57 Å². The van der Waals surface area contributed by atoms with Crippen LogP contribution in [-0.2, 0) is 4.74 Å². The number of halogens is 1. The van der Waals surface area contributed by atoms with E-state index in [1.807, 2.05) is 0 Å². The first-order valence-corrected chi connectivity index (χ1v) is 6.64. The zero-order valence-corrected chi connectivity index (χ0v) is 11.0. The molecule has 3 heterocycles. The predicted octanol–water partition coefficient (Wildman–Crippen LogP) is 2.73. The second kappa shape index (κ2) is 4.69. The number of anilines is 1. The Bertz CT molecular complexity index is 630. The molecule has 0 atom stereocenters. The number of nitrogens with zero attached hydrogens (tertiary/aromatic N) is 4. The molecule has 1 aliphatic rings.